The highest BCUT2D eigenvalue weighted by Crippen LogP contribution is 2.26. The van der Waals surface area contributed by atoms with Gasteiger partial charge < -0.3 is 5.32 Å². The Kier molecular flexibility index (Phi) is 3.79. The Morgan fingerprint density at radius 1 is 1.21 bits per heavy atom. The summed E-state index contributed by atoms with van der Waals surface area (Å²) in [6.45, 7) is 0. The van der Waals surface area contributed by atoms with E-state index in [-0.39, 0.29) is 5.91 Å². The number of pyridine rings is 3. The topological polar surface area (TPSA) is 67.8 Å². The number of hydrogen-bond donors (Lipinski definition) is 1. The van der Waals surface area contributed by atoms with Gasteiger partial charge in [0.25, 0.3) is 5.91 Å². The summed E-state index contributed by atoms with van der Waals surface area (Å²) in [5.74, 6) is -0.183. The van der Waals surface area contributed by atoms with Gasteiger partial charge in [-0.25, -0.2) is 4.98 Å². The fourth-order valence-electron chi connectivity index (χ4n) is 2.36. The molecule has 1 aliphatic rings. The van der Waals surface area contributed by atoms with Gasteiger partial charge in [0, 0.05) is 23.3 Å². The van der Waals surface area contributed by atoms with E-state index >= 15 is 0 Å². The number of thioether (sulfide) groups is 1. The molecule has 1 amide bonds. The van der Waals surface area contributed by atoms with Crippen LogP contribution in [0, 0.1) is 0 Å². The van der Waals surface area contributed by atoms with Gasteiger partial charge in [0.05, 0.1) is 28.0 Å². The highest BCUT2D eigenvalue weighted by Gasteiger charge is 2.22. The highest BCUT2D eigenvalue weighted by molar-refractivity contribution is 8.26. The lowest BCUT2D eigenvalue weighted by Gasteiger charge is -2.04. The van der Waals surface area contributed by atoms with E-state index in [0.29, 0.717) is 14.9 Å². The van der Waals surface area contributed by atoms with Crippen molar-refractivity contribution in [2.45, 2.75) is 0 Å². The highest BCUT2D eigenvalue weighted by atomic mass is 32.2. The summed E-state index contributed by atoms with van der Waals surface area (Å²) >= 11 is 6.24. The first-order valence-electron chi connectivity index (χ1n) is 7.11. The summed E-state index contributed by atoms with van der Waals surface area (Å²) in [5, 5.41) is 3.60. The predicted octanol–water partition coefficient (Wildman–Crippen LogP) is 3.18. The predicted molar refractivity (Wildman–Crippen MR) is 99.1 cm³/mol. The molecule has 4 heterocycles. The number of aromatic nitrogens is 3. The van der Waals surface area contributed by atoms with Crippen molar-refractivity contribution in [3.8, 4) is 11.3 Å². The van der Waals surface area contributed by atoms with Crippen molar-refractivity contribution in [3.05, 3.63) is 59.5 Å². The van der Waals surface area contributed by atoms with Gasteiger partial charge in [-0.1, -0.05) is 30.0 Å². The largest absolute Gasteiger partial charge is 0.307 e. The lowest BCUT2D eigenvalue weighted by Crippen LogP contribution is -2.17. The molecule has 0 saturated carbocycles. The average Bonchev–Trinajstić information content (AvgIpc) is 2.92. The molecule has 1 aliphatic heterocycles. The Bertz CT molecular complexity index is 1020. The second-order valence-corrected chi connectivity index (χ2v) is 6.81. The van der Waals surface area contributed by atoms with Gasteiger partial charge >= 0.3 is 0 Å². The number of carbonyl (C=O) groups is 1. The Balaban J connectivity index is 1.72. The molecular formula is C17H10N4OS2. The van der Waals surface area contributed by atoms with Gasteiger partial charge in [0.1, 0.15) is 4.32 Å². The minimum absolute atomic E-state index is 0.183. The SMILES string of the molecule is O=C1NC(=S)S/C1=C\c1cccc(-c2cnc3cnccc3c2)n1. The number of nitrogens with one attached hydrogen (secondary N) is 1. The van der Waals surface area contributed by atoms with Gasteiger partial charge in [-0.15, -0.1) is 0 Å². The van der Waals surface area contributed by atoms with Crippen LogP contribution in [0.1, 0.15) is 5.69 Å². The molecule has 0 bridgehead atoms. The molecule has 5 nitrogen and oxygen atoms in total. The molecule has 0 spiro atoms. The van der Waals surface area contributed by atoms with Gasteiger partial charge in [-0.2, -0.15) is 0 Å². The average molecular weight is 350 g/mol. The van der Waals surface area contributed by atoms with Crippen molar-refractivity contribution in [1.82, 2.24) is 20.3 Å². The van der Waals surface area contributed by atoms with Crippen LogP contribution < -0.4 is 5.32 Å². The minimum atomic E-state index is -0.183. The molecule has 0 atom stereocenters. The van der Waals surface area contributed by atoms with E-state index in [1.807, 2.05) is 30.3 Å². The summed E-state index contributed by atoms with van der Waals surface area (Å²) in [4.78, 5) is 25.4. The third-order valence-electron chi connectivity index (χ3n) is 3.47. The van der Waals surface area contributed by atoms with Gasteiger partial charge in [0.15, 0.2) is 0 Å². The lowest BCUT2D eigenvalue weighted by atomic mass is 10.1. The molecule has 0 aliphatic carbocycles. The van der Waals surface area contributed by atoms with E-state index < -0.39 is 0 Å². The fourth-order valence-corrected chi connectivity index (χ4v) is 3.39. The van der Waals surface area contributed by atoms with E-state index in [1.165, 1.54) is 11.8 Å². The number of hydrogen-bond acceptors (Lipinski definition) is 6. The van der Waals surface area contributed by atoms with Crippen molar-refractivity contribution in [2.24, 2.45) is 0 Å². The number of carbonyl (C=O) groups excluding carboxylic acids is 1. The van der Waals surface area contributed by atoms with Gasteiger partial charge in [-0.3, -0.25) is 14.8 Å². The zero-order chi connectivity index (χ0) is 16.5. The Morgan fingerprint density at radius 2 is 2.12 bits per heavy atom. The smallest absolute Gasteiger partial charge is 0.263 e. The molecule has 0 aromatic carbocycles. The van der Waals surface area contributed by atoms with E-state index in [0.717, 1.165) is 22.2 Å². The molecular weight excluding hydrogens is 340 g/mol. The minimum Gasteiger partial charge on any atom is -0.307 e. The Labute approximate surface area is 147 Å². The van der Waals surface area contributed by atoms with Gasteiger partial charge in [0.2, 0.25) is 0 Å². The molecule has 1 N–H and O–H groups in total. The summed E-state index contributed by atoms with van der Waals surface area (Å²) in [6.07, 6.45) is 6.98. The summed E-state index contributed by atoms with van der Waals surface area (Å²) in [7, 11) is 0. The van der Waals surface area contributed by atoms with Crippen LogP contribution in [0.4, 0.5) is 0 Å². The second-order valence-electron chi connectivity index (χ2n) is 5.09. The summed E-state index contributed by atoms with van der Waals surface area (Å²) in [6, 6.07) is 9.61. The third kappa shape index (κ3) is 2.91. The van der Waals surface area contributed by atoms with Crippen molar-refractivity contribution in [2.75, 3.05) is 0 Å². The molecule has 24 heavy (non-hydrogen) atoms. The quantitative estimate of drug-likeness (QED) is 0.565. The van der Waals surface area contributed by atoms with Crippen LogP contribution in [0.5, 0.6) is 0 Å². The van der Waals surface area contributed by atoms with Crippen LogP contribution in [-0.4, -0.2) is 25.2 Å². The molecule has 4 rings (SSSR count). The zero-order valence-electron chi connectivity index (χ0n) is 12.3. The first-order chi connectivity index (χ1) is 11.7. The van der Waals surface area contributed by atoms with Crippen molar-refractivity contribution in [1.29, 1.82) is 0 Å². The molecule has 0 radical (unpaired) electrons. The van der Waals surface area contributed by atoms with Crippen LogP contribution in [0.3, 0.4) is 0 Å². The maximum atomic E-state index is 11.8. The molecule has 116 valence electrons. The van der Waals surface area contributed by atoms with Crippen molar-refractivity contribution in [3.63, 3.8) is 0 Å². The molecule has 1 fully saturated rings. The van der Waals surface area contributed by atoms with Gasteiger partial charge in [-0.05, 0) is 30.3 Å². The van der Waals surface area contributed by atoms with E-state index in [2.05, 4.69) is 20.3 Å². The van der Waals surface area contributed by atoms with Crippen LogP contribution in [0.15, 0.2) is 53.8 Å². The first kappa shape index (κ1) is 14.9. The van der Waals surface area contributed by atoms with E-state index in [4.69, 9.17) is 12.2 Å². The van der Waals surface area contributed by atoms with Crippen LogP contribution >= 0.6 is 24.0 Å². The number of amides is 1. The summed E-state index contributed by atoms with van der Waals surface area (Å²) in [5.41, 5.74) is 3.24. The van der Waals surface area contributed by atoms with E-state index in [9.17, 15) is 4.79 Å². The number of nitrogens with zero attached hydrogens (tertiary/aromatic N) is 3. The lowest BCUT2D eigenvalue weighted by molar-refractivity contribution is -0.115. The molecule has 7 heteroatoms. The molecule has 1 saturated heterocycles. The number of fused-ring (bicyclic) bond motifs is 1. The van der Waals surface area contributed by atoms with Crippen molar-refractivity contribution < 1.29 is 4.79 Å². The number of thiocarbonyl (C=S) groups is 1. The molecule has 0 unspecified atom stereocenters. The monoisotopic (exact) mass is 350 g/mol. The Hall–Kier alpha value is -2.64. The molecule has 3 aromatic heterocycles. The summed E-state index contributed by atoms with van der Waals surface area (Å²) < 4.78 is 0.467. The van der Waals surface area contributed by atoms with Crippen molar-refractivity contribution >= 4 is 51.2 Å². The normalized spacial score (nSPS) is 15.9. The van der Waals surface area contributed by atoms with Crippen LogP contribution in [0.25, 0.3) is 28.2 Å². The molecule has 3 aromatic rings. The fraction of sp³-hybridized carbons (Fsp3) is 0. The maximum Gasteiger partial charge on any atom is 0.263 e. The standard InChI is InChI=1S/C17H10N4OS2/c22-16-15(24-17(23)21-16)7-12-2-1-3-13(20-12)11-6-10-4-5-18-9-14(10)19-8-11/h1-9H,(H,21,22,23)/b15-7-. The van der Waals surface area contributed by atoms with Crippen LogP contribution in [-0.2, 0) is 4.79 Å². The third-order valence-corrected chi connectivity index (χ3v) is 4.64. The van der Waals surface area contributed by atoms with E-state index in [1.54, 1.807) is 24.7 Å². The Morgan fingerprint density at radius 3 is 2.96 bits per heavy atom. The maximum absolute atomic E-state index is 11.8. The van der Waals surface area contributed by atoms with Crippen LogP contribution in [0.2, 0.25) is 0 Å². The number of rotatable bonds is 2. The first-order valence-corrected chi connectivity index (χ1v) is 8.33. The zero-order valence-corrected chi connectivity index (χ0v) is 13.9. The second kappa shape index (κ2) is 6.10.